The third kappa shape index (κ3) is 4.53. The molecule has 0 bridgehead atoms. The van der Waals surface area contributed by atoms with Gasteiger partial charge in [0.25, 0.3) is 0 Å². The Morgan fingerprint density at radius 3 is 2.82 bits per heavy atom. The maximum absolute atomic E-state index is 5.81. The van der Waals surface area contributed by atoms with Crippen LogP contribution in [-0.4, -0.2) is 26.9 Å². The molecule has 1 rings (SSSR count). The predicted molar refractivity (Wildman–Crippen MR) is 71.6 cm³/mol. The summed E-state index contributed by atoms with van der Waals surface area (Å²) < 4.78 is 10.5. The molecule has 0 radical (unpaired) electrons. The summed E-state index contributed by atoms with van der Waals surface area (Å²) in [5.41, 5.74) is 7.49. The Bertz CT molecular complexity index is 342. The molecule has 0 amide bonds. The second-order valence-electron chi connectivity index (χ2n) is 4.13. The highest BCUT2D eigenvalue weighted by atomic mass is 16.5. The minimum atomic E-state index is 0.466. The molecular formula is C13H22N2O2. The van der Waals surface area contributed by atoms with E-state index in [-0.39, 0.29) is 0 Å². The topological polar surface area (TPSA) is 56.5 Å². The minimum absolute atomic E-state index is 0.466. The maximum Gasteiger partial charge on any atom is 0.144 e. The zero-order valence-corrected chi connectivity index (χ0v) is 10.8. The van der Waals surface area contributed by atoms with Crippen LogP contribution in [0, 0.1) is 5.92 Å². The van der Waals surface area contributed by atoms with Gasteiger partial charge in [0, 0.05) is 25.4 Å². The third-order valence-corrected chi connectivity index (χ3v) is 2.42. The van der Waals surface area contributed by atoms with Crippen LogP contribution in [0.1, 0.15) is 13.8 Å². The van der Waals surface area contributed by atoms with Gasteiger partial charge in [-0.2, -0.15) is 0 Å². The standard InChI is InChI=1S/C13H22N2O2/c1-4-17-13-7-11(5-6-12(13)14)15-8-10(2)9-16-3/h5-7,10,15H,4,8-9,14H2,1-3H3. The van der Waals surface area contributed by atoms with Crippen molar-refractivity contribution >= 4 is 11.4 Å². The van der Waals surface area contributed by atoms with Gasteiger partial charge in [-0.3, -0.25) is 0 Å². The molecule has 0 saturated heterocycles. The third-order valence-electron chi connectivity index (χ3n) is 2.42. The van der Waals surface area contributed by atoms with Crippen LogP contribution in [0.25, 0.3) is 0 Å². The lowest BCUT2D eigenvalue weighted by atomic mass is 10.2. The highest BCUT2D eigenvalue weighted by Crippen LogP contribution is 2.25. The second kappa shape index (κ2) is 7.01. The highest BCUT2D eigenvalue weighted by Gasteiger charge is 2.04. The van der Waals surface area contributed by atoms with Crippen LogP contribution in [0.4, 0.5) is 11.4 Å². The van der Waals surface area contributed by atoms with E-state index in [2.05, 4.69) is 12.2 Å². The Morgan fingerprint density at radius 2 is 2.18 bits per heavy atom. The van der Waals surface area contributed by atoms with Crippen LogP contribution >= 0.6 is 0 Å². The number of nitrogens with one attached hydrogen (secondary N) is 1. The van der Waals surface area contributed by atoms with E-state index in [4.69, 9.17) is 15.2 Å². The fraction of sp³-hybridized carbons (Fsp3) is 0.538. The Hall–Kier alpha value is -1.42. The minimum Gasteiger partial charge on any atom is -0.492 e. The first-order chi connectivity index (χ1) is 8.17. The number of ether oxygens (including phenoxy) is 2. The molecule has 0 fully saturated rings. The van der Waals surface area contributed by atoms with Crippen molar-refractivity contribution < 1.29 is 9.47 Å². The fourth-order valence-corrected chi connectivity index (χ4v) is 1.56. The van der Waals surface area contributed by atoms with Crippen LogP contribution in [0.5, 0.6) is 5.75 Å². The van der Waals surface area contributed by atoms with Gasteiger partial charge in [-0.05, 0) is 25.0 Å². The molecule has 4 heteroatoms. The van der Waals surface area contributed by atoms with Gasteiger partial charge < -0.3 is 20.5 Å². The molecule has 1 unspecified atom stereocenters. The lowest BCUT2D eigenvalue weighted by molar-refractivity contribution is 0.164. The first-order valence-electron chi connectivity index (χ1n) is 5.92. The molecule has 0 heterocycles. The van der Waals surface area contributed by atoms with E-state index < -0.39 is 0 Å². The van der Waals surface area contributed by atoms with Crippen LogP contribution in [0.3, 0.4) is 0 Å². The zero-order valence-electron chi connectivity index (χ0n) is 10.8. The van der Waals surface area contributed by atoms with E-state index in [0.717, 1.165) is 24.6 Å². The van der Waals surface area contributed by atoms with Crippen molar-refractivity contribution in [1.29, 1.82) is 0 Å². The van der Waals surface area contributed by atoms with Crippen molar-refractivity contribution in [3.63, 3.8) is 0 Å². The van der Waals surface area contributed by atoms with Crippen LogP contribution in [0.2, 0.25) is 0 Å². The molecule has 3 N–H and O–H groups in total. The zero-order chi connectivity index (χ0) is 12.7. The van der Waals surface area contributed by atoms with Gasteiger partial charge in [-0.25, -0.2) is 0 Å². The molecule has 0 aliphatic carbocycles. The molecule has 4 nitrogen and oxygen atoms in total. The van der Waals surface area contributed by atoms with Gasteiger partial charge in [-0.15, -0.1) is 0 Å². The van der Waals surface area contributed by atoms with Gasteiger partial charge >= 0.3 is 0 Å². The Kier molecular flexibility index (Phi) is 5.63. The summed E-state index contributed by atoms with van der Waals surface area (Å²) >= 11 is 0. The molecule has 96 valence electrons. The molecule has 17 heavy (non-hydrogen) atoms. The molecule has 1 aromatic carbocycles. The number of hydrogen-bond donors (Lipinski definition) is 2. The van der Waals surface area contributed by atoms with Crippen molar-refractivity contribution in [3.8, 4) is 5.75 Å². The average molecular weight is 238 g/mol. The summed E-state index contributed by atoms with van der Waals surface area (Å²) in [6, 6.07) is 5.74. The Balaban J connectivity index is 2.56. The van der Waals surface area contributed by atoms with Crippen molar-refractivity contribution in [2.24, 2.45) is 5.92 Å². The molecule has 0 aromatic heterocycles. The first kappa shape index (κ1) is 13.6. The number of nitrogen functional groups attached to an aromatic ring is 1. The highest BCUT2D eigenvalue weighted by molar-refractivity contribution is 5.61. The molecule has 1 aromatic rings. The van der Waals surface area contributed by atoms with E-state index in [1.165, 1.54) is 0 Å². The van der Waals surface area contributed by atoms with E-state index in [1.54, 1.807) is 7.11 Å². The van der Waals surface area contributed by atoms with Crippen LogP contribution in [-0.2, 0) is 4.74 Å². The number of methoxy groups -OCH3 is 1. The molecular weight excluding hydrogens is 216 g/mol. The SMILES string of the molecule is CCOc1cc(NCC(C)COC)ccc1N. The van der Waals surface area contributed by atoms with Gasteiger partial charge in [0.2, 0.25) is 0 Å². The lowest BCUT2D eigenvalue weighted by Crippen LogP contribution is -2.15. The van der Waals surface area contributed by atoms with Crippen LogP contribution < -0.4 is 15.8 Å². The normalized spacial score (nSPS) is 12.2. The number of rotatable bonds is 7. The summed E-state index contributed by atoms with van der Waals surface area (Å²) in [5.74, 6) is 1.20. The summed E-state index contributed by atoms with van der Waals surface area (Å²) in [7, 11) is 1.72. The first-order valence-corrected chi connectivity index (χ1v) is 5.92. The van der Waals surface area contributed by atoms with Gasteiger partial charge in [-0.1, -0.05) is 6.92 Å². The van der Waals surface area contributed by atoms with Gasteiger partial charge in [0.15, 0.2) is 0 Å². The number of anilines is 2. The fourth-order valence-electron chi connectivity index (χ4n) is 1.56. The summed E-state index contributed by atoms with van der Waals surface area (Å²) in [6.07, 6.45) is 0. The molecule has 1 atom stereocenters. The molecule has 0 saturated carbocycles. The number of hydrogen-bond acceptors (Lipinski definition) is 4. The van der Waals surface area contributed by atoms with Crippen molar-refractivity contribution in [3.05, 3.63) is 18.2 Å². The van der Waals surface area contributed by atoms with Crippen molar-refractivity contribution in [2.45, 2.75) is 13.8 Å². The van der Waals surface area contributed by atoms with Gasteiger partial charge in [0.1, 0.15) is 5.75 Å². The van der Waals surface area contributed by atoms with Crippen molar-refractivity contribution in [1.82, 2.24) is 0 Å². The van der Waals surface area contributed by atoms with Crippen molar-refractivity contribution in [2.75, 3.05) is 37.9 Å². The quantitative estimate of drug-likeness (QED) is 0.716. The predicted octanol–water partition coefficient (Wildman–Crippen LogP) is 2.36. The van der Waals surface area contributed by atoms with E-state index in [9.17, 15) is 0 Å². The molecule has 0 aliphatic rings. The van der Waals surface area contributed by atoms with E-state index >= 15 is 0 Å². The van der Waals surface area contributed by atoms with Gasteiger partial charge in [0.05, 0.1) is 18.9 Å². The molecule has 0 aliphatic heterocycles. The molecule has 0 spiro atoms. The van der Waals surface area contributed by atoms with E-state index in [0.29, 0.717) is 18.2 Å². The Labute approximate surface area is 103 Å². The monoisotopic (exact) mass is 238 g/mol. The summed E-state index contributed by atoms with van der Waals surface area (Å²) in [6.45, 7) is 6.31. The maximum atomic E-state index is 5.81. The lowest BCUT2D eigenvalue weighted by Gasteiger charge is -2.14. The Morgan fingerprint density at radius 1 is 1.41 bits per heavy atom. The van der Waals surface area contributed by atoms with Crippen LogP contribution in [0.15, 0.2) is 18.2 Å². The average Bonchev–Trinajstić information content (AvgIpc) is 2.31. The largest absolute Gasteiger partial charge is 0.492 e. The van der Waals surface area contributed by atoms with E-state index in [1.807, 2.05) is 25.1 Å². The smallest absolute Gasteiger partial charge is 0.144 e. The second-order valence-corrected chi connectivity index (χ2v) is 4.13. The summed E-state index contributed by atoms with van der Waals surface area (Å²) in [4.78, 5) is 0. The number of nitrogens with two attached hydrogens (primary N) is 1. The number of benzene rings is 1. The summed E-state index contributed by atoms with van der Waals surface area (Å²) in [5, 5.41) is 3.34.